The Hall–Kier alpha value is -7.49. The zero-order valence-electron chi connectivity index (χ0n) is 23.3. The molecular weight excluding hydrogens is 688 g/mol. The van der Waals surface area contributed by atoms with Crippen molar-refractivity contribution in [1.29, 1.82) is 0 Å². The largest absolute Gasteiger partial charge is 0.449 e. The summed E-state index contributed by atoms with van der Waals surface area (Å²) in [6.45, 7) is 0. The molecule has 1 aliphatic rings. The summed E-state index contributed by atoms with van der Waals surface area (Å²) in [4.78, 5) is 91.6. The second kappa shape index (κ2) is 12.0. The van der Waals surface area contributed by atoms with Gasteiger partial charge in [-0.15, -0.1) is 0 Å². The van der Waals surface area contributed by atoms with Gasteiger partial charge in [-0.2, -0.15) is 0 Å². The molecule has 22 nitrogen and oxygen atoms in total. The van der Waals surface area contributed by atoms with Crippen LogP contribution < -0.4 is 9.47 Å². The van der Waals surface area contributed by atoms with Crippen LogP contribution in [0.4, 0.5) is 34.1 Å². The maximum Gasteiger partial charge on any atom is 0.318 e. The van der Waals surface area contributed by atoms with Crippen LogP contribution in [0.3, 0.4) is 0 Å². The Morgan fingerprint density at radius 1 is 0.449 bits per heavy atom. The summed E-state index contributed by atoms with van der Waals surface area (Å²) in [5, 5.41) is 69.0. The Kier molecular flexibility index (Phi) is 8.07. The maximum atomic E-state index is 14.1. The lowest BCUT2D eigenvalue weighted by molar-refractivity contribution is -0.394. The summed E-state index contributed by atoms with van der Waals surface area (Å²) in [5.74, 6) is -6.27. The Bertz CT molecular complexity index is 2270. The summed E-state index contributed by atoms with van der Waals surface area (Å²) in [6.07, 6.45) is 0. The standard InChI is InChI=1S/C26H9ClN6O16/c27-12-9-16(33(46)47)21-23(26(12)49-18-5-2-11(29(38)39)8-15(18)32(44)45)25(35)20-13(30(40)41)3-6-19(22(20)24(21)34)48-17-4-1-10(28(36)37)7-14(17)31(42)43/h1-9H. The number of non-ortho nitro benzene ring substituents is 2. The van der Waals surface area contributed by atoms with Gasteiger partial charge in [-0.3, -0.25) is 70.3 Å². The number of fused-ring (bicyclic) bond motifs is 2. The molecule has 4 aromatic carbocycles. The quantitative estimate of drug-likeness (QED) is 0.117. The molecule has 0 saturated heterocycles. The molecule has 49 heavy (non-hydrogen) atoms. The minimum atomic E-state index is -1.52. The number of hydrogen-bond donors (Lipinski definition) is 0. The van der Waals surface area contributed by atoms with Crippen LogP contribution in [0.2, 0.25) is 5.02 Å². The highest BCUT2D eigenvalue weighted by atomic mass is 35.5. The summed E-state index contributed by atoms with van der Waals surface area (Å²) in [6, 6.07) is 5.96. The van der Waals surface area contributed by atoms with E-state index in [1.807, 2.05) is 0 Å². The van der Waals surface area contributed by atoms with Crippen LogP contribution in [0, 0.1) is 60.7 Å². The molecule has 4 aromatic rings. The van der Waals surface area contributed by atoms with Gasteiger partial charge in [0.05, 0.1) is 57.8 Å². The lowest BCUT2D eigenvalue weighted by Crippen LogP contribution is -2.25. The van der Waals surface area contributed by atoms with E-state index in [1.54, 1.807) is 0 Å². The molecule has 0 aromatic heterocycles. The maximum absolute atomic E-state index is 14.1. The van der Waals surface area contributed by atoms with Crippen molar-refractivity contribution in [2.24, 2.45) is 0 Å². The highest BCUT2D eigenvalue weighted by molar-refractivity contribution is 6.37. The number of hydrogen-bond acceptors (Lipinski definition) is 16. The first-order chi connectivity index (χ1) is 23.0. The summed E-state index contributed by atoms with van der Waals surface area (Å²) >= 11 is 6.20. The van der Waals surface area contributed by atoms with Gasteiger partial charge in [-0.1, -0.05) is 11.6 Å². The summed E-state index contributed by atoms with van der Waals surface area (Å²) in [7, 11) is 0. The molecule has 0 spiro atoms. The summed E-state index contributed by atoms with van der Waals surface area (Å²) in [5.41, 5.74) is -9.96. The molecule has 0 atom stereocenters. The lowest BCUT2D eigenvalue weighted by atomic mass is 9.81. The Morgan fingerprint density at radius 2 is 0.878 bits per heavy atom. The molecule has 0 fully saturated rings. The van der Waals surface area contributed by atoms with Gasteiger partial charge in [0.2, 0.25) is 23.1 Å². The third-order valence-corrected chi connectivity index (χ3v) is 7.07. The zero-order valence-corrected chi connectivity index (χ0v) is 24.0. The Labute approximate surface area is 271 Å². The van der Waals surface area contributed by atoms with Crippen LogP contribution in [0.15, 0.2) is 54.6 Å². The molecule has 5 rings (SSSR count). The smallest absolute Gasteiger partial charge is 0.318 e. The van der Waals surface area contributed by atoms with E-state index in [4.69, 9.17) is 21.1 Å². The average molecular weight is 697 g/mol. The van der Waals surface area contributed by atoms with Crippen LogP contribution in [0.5, 0.6) is 23.0 Å². The predicted octanol–water partition coefficient (Wildman–Crippen LogP) is 6.15. The van der Waals surface area contributed by atoms with Crippen molar-refractivity contribution >= 4 is 57.3 Å². The fraction of sp³-hybridized carbons (Fsp3) is 0. The zero-order chi connectivity index (χ0) is 36.1. The monoisotopic (exact) mass is 696 g/mol. The van der Waals surface area contributed by atoms with E-state index in [-0.39, 0.29) is 0 Å². The van der Waals surface area contributed by atoms with E-state index >= 15 is 0 Å². The number of benzene rings is 4. The van der Waals surface area contributed by atoms with Gasteiger partial charge in [-0.05, 0) is 18.2 Å². The molecule has 0 heterocycles. The van der Waals surface area contributed by atoms with E-state index < -0.39 is 126 Å². The average Bonchev–Trinajstić information content (AvgIpc) is 3.03. The van der Waals surface area contributed by atoms with Gasteiger partial charge in [0.1, 0.15) is 16.9 Å². The van der Waals surface area contributed by atoms with E-state index in [1.165, 1.54) is 0 Å². The first-order valence-electron chi connectivity index (χ1n) is 12.7. The third kappa shape index (κ3) is 5.61. The molecule has 0 radical (unpaired) electrons. The van der Waals surface area contributed by atoms with Crippen LogP contribution in [0.25, 0.3) is 0 Å². The first-order valence-corrected chi connectivity index (χ1v) is 13.0. The molecule has 0 N–H and O–H groups in total. The van der Waals surface area contributed by atoms with Crippen molar-refractivity contribution < 1.29 is 48.6 Å². The van der Waals surface area contributed by atoms with Gasteiger partial charge in [0.25, 0.3) is 22.7 Å². The van der Waals surface area contributed by atoms with Gasteiger partial charge >= 0.3 is 11.4 Å². The molecule has 0 unspecified atom stereocenters. The molecule has 0 bridgehead atoms. The molecule has 1 aliphatic carbocycles. The molecule has 246 valence electrons. The minimum Gasteiger partial charge on any atom is -0.449 e. The summed E-state index contributed by atoms with van der Waals surface area (Å²) < 4.78 is 11.0. The van der Waals surface area contributed by atoms with Crippen LogP contribution in [-0.4, -0.2) is 41.1 Å². The van der Waals surface area contributed by atoms with Gasteiger partial charge < -0.3 is 9.47 Å². The van der Waals surface area contributed by atoms with Crippen molar-refractivity contribution in [3.05, 3.63) is 143 Å². The van der Waals surface area contributed by atoms with Crippen molar-refractivity contribution in [3.8, 4) is 23.0 Å². The molecule has 23 heteroatoms. The normalized spacial score (nSPS) is 11.6. The third-order valence-electron chi connectivity index (χ3n) is 6.79. The van der Waals surface area contributed by atoms with Crippen LogP contribution in [0.1, 0.15) is 31.8 Å². The van der Waals surface area contributed by atoms with Gasteiger partial charge in [0.15, 0.2) is 5.75 Å². The number of carbonyl (C=O) groups is 2. The van der Waals surface area contributed by atoms with E-state index in [0.717, 1.165) is 30.3 Å². The number of nitro groups is 6. The number of carbonyl (C=O) groups excluding carboxylic acids is 2. The SMILES string of the molecule is O=C1c2c(Oc3ccc([N+](=O)[O-])cc3[N+](=O)[O-])ccc([N+](=O)[O-])c2C(=O)c2c(Oc3ccc([N+](=O)[O-])cc3[N+](=O)[O-])c(Cl)cc([N+](=O)[O-])c21. The molecule has 0 amide bonds. The van der Waals surface area contributed by atoms with Crippen molar-refractivity contribution in [2.45, 2.75) is 0 Å². The molecule has 0 aliphatic heterocycles. The number of nitrogens with zero attached hydrogens (tertiary/aromatic N) is 6. The predicted molar refractivity (Wildman–Crippen MR) is 158 cm³/mol. The Balaban J connectivity index is 1.78. The number of ketones is 2. The van der Waals surface area contributed by atoms with E-state index in [2.05, 4.69) is 0 Å². The van der Waals surface area contributed by atoms with Crippen molar-refractivity contribution in [1.82, 2.24) is 0 Å². The first kappa shape index (κ1) is 32.9. The lowest BCUT2D eigenvalue weighted by Gasteiger charge is -2.22. The van der Waals surface area contributed by atoms with Crippen LogP contribution >= 0.6 is 11.6 Å². The van der Waals surface area contributed by atoms with Crippen LogP contribution in [-0.2, 0) is 0 Å². The van der Waals surface area contributed by atoms with Crippen molar-refractivity contribution in [3.63, 3.8) is 0 Å². The molecular formula is C26H9ClN6O16. The topological polar surface area (TPSA) is 311 Å². The number of ether oxygens (including phenoxy) is 2. The number of nitro benzene ring substituents is 6. The Morgan fingerprint density at radius 3 is 1.35 bits per heavy atom. The van der Waals surface area contributed by atoms with E-state index in [0.29, 0.717) is 24.3 Å². The van der Waals surface area contributed by atoms with Gasteiger partial charge in [0, 0.05) is 24.3 Å². The number of rotatable bonds is 10. The second-order valence-electron chi connectivity index (χ2n) is 9.50. The highest BCUT2D eigenvalue weighted by Crippen LogP contribution is 2.49. The highest BCUT2D eigenvalue weighted by Gasteiger charge is 2.45. The second-order valence-corrected chi connectivity index (χ2v) is 9.91. The van der Waals surface area contributed by atoms with Crippen molar-refractivity contribution in [2.75, 3.05) is 0 Å². The fourth-order valence-electron chi connectivity index (χ4n) is 4.75. The van der Waals surface area contributed by atoms with E-state index in [9.17, 15) is 70.3 Å². The molecule has 0 saturated carbocycles. The van der Waals surface area contributed by atoms with Gasteiger partial charge in [-0.25, -0.2) is 0 Å². The minimum absolute atomic E-state index is 0.481. The number of halogens is 1. The fourth-order valence-corrected chi connectivity index (χ4v) is 4.99.